The summed E-state index contributed by atoms with van der Waals surface area (Å²) in [5.41, 5.74) is 1.44. The highest BCUT2D eigenvalue weighted by molar-refractivity contribution is 7.89. The SMILES string of the molecule is Cc1ccc(S(=O)(=O)N2C/C(=C\c3ccccc3F)C(=O)/C(=C/c3ccccc3F)C2)cc1. The zero-order valence-corrected chi connectivity index (χ0v) is 18.6. The van der Waals surface area contributed by atoms with Crippen molar-refractivity contribution in [2.24, 2.45) is 0 Å². The van der Waals surface area contributed by atoms with Crippen molar-refractivity contribution in [3.05, 3.63) is 112 Å². The van der Waals surface area contributed by atoms with E-state index in [1.165, 1.54) is 60.7 Å². The van der Waals surface area contributed by atoms with E-state index in [0.29, 0.717) is 0 Å². The Labute approximate surface area is 191 Å². The lowest BCUT2D eigenvalue weighted by molar-refractivity contribution is -0.113. The van der Waals surface area contributed by atoms with E-state index >= 15 is 0 Å². The van der Waals surface area contributed by atoms with Crippen molar-refractivity contribution in [3.8, 4) is 0 Å². The third-order valence-electron chi connectivity index (χ3n) is 5.41. The number of nitrogens with zero attached hydrogens (tertiary/aromatic N) is 1. The van der Waals surface area contributed by atoms with E-state index in [4.69, 9.17) is 0 Å². The van der Waals surface area contributed by atoms with Gasteiger partial charge < -0.3 is 0 Å². The molecule has 33 heavy (non-hydrogen) atoms. The van der Waals surface area contributed by atoms with Crippen LogP contribution in [0.15, 0.2) is 88.8 Å². The maximum Gasteiger partial charge on any atom is 0.243 e. The third kappa shape index (κ3) is 4.84. The summed E-state index contributed by atoms with van der Waals surface area (Å²) in [5.74, 6) is -1.51. The highest BCUT2D eigenvalue weighted by Crippen LogP contribution is 2.28. The van der Waals surface area contributed by atoms with E-state index in [2.05, 4.69) is 0 Å². The summed E-state index contributed by atoms with van der Waals surface area (Å²) in [5, 5.41) is 0. The molecule has 0 saturated carbocycles. The number of piperidine rings is 1. The lowest BCUT2D eigenvalue weighted by Crippen LogP contribution is -2.41. The molecule has 0 radical (unpaired) electrons. The van der Waals surface area contributed by atoms with Crippen molar-refractivity contribution in [1.29, 1.82) is 0 Å². The second-order valence-electron chi connectivity index (χ2n) is 7.80. The van der Waals surface area contributed by atoms with Gasteiger partial charge in [-0.15, -0.1) is 0 Å². The van der Waals surface area contributed by atoms with Gasteiger partial charge in [0.1, 0.15) is 11.6 Å². The molecule has 0 unspecified atom stereocenters. The first kappa shape index (κ1) is 22.8. The largest absolute Gasteiger partial charge is 0.289 e. The van der Waals surface area contributed by atoms with Crippen molar-refractivity contribution in [3.63, 3.8) is 0 Å². The van der Waals surface area contributed by atoms with Crippen LogP contribution in [0, 0.1) is 18.6 Å². The van der Waals surface area contributed by atoms with Gasteiger partial charge in [0.15, 0.2) is 5.78 Å². The molecule has 0 aliphatic carbocycles. The van der Waals surface area contributed by atoms with Crippen molar-refractivity contribution >= 4 is 28.0 Å². The van der Waals surface area contributed by atoms with E-state index in [-0.39, 0.29) is 40.3 Å². The minimum Gasteiger partial charge on any atom is -0.289 e. The Morgan fingerprint density at radius 2 is 1.21 bits per heavy atom. The molecule has 1 heterocycles. The van der Waals surface area contributed by atoms with Crippen LogP contribution in [0.3, 0.4) is 0 Å². The Morgan fingerprint density at radius 1 is 0.758 bits per heavy atom. The van der Waals surface area contributed by atoms with Crippen molar-refractivity contribution in [1.82, 2.24) is 4.31 Å². The van der Waals surface area contributed by atoms with Gasteiger partial charge >= 0.3 is 0 Å². The van der Waals surface area contributed by atoms with E-state index < -0.39 is 27.4 Å². The maximum atomic E-state index is 14.3. The molecule has 0 atom stereocenters. The Bertz CT molecular complexity index is 1310. The predicted octanol–water partition coefficient (Wildman–Crippen LogP) is 5.01. The van der Waals surface area contributed by atoms with Crippen LogP contribution in [-0.4, -0.2) is 31.6 Å². The molecular formula is C26H21F2NO3S. The van der Waals surface area contributed by atoms with Crippen LogP contribution in [0.2, 0.25) is 0 Å². The monoisotopic (exact) mass is 465 g/mol. The number of halogens is 2. The molecular weight excluding hydrogens is 444 g/mol. The van der Waals surface area contributed by atoms with Gasteiger partial charge in [-0.2, -0.15) is 4.31 Å². The average Bonchev–Trinajstić information content (AvgIpc) is 2.79. The summed E-state index contributed by atoms with van der Waals surface area (Å²) in [7, 11) is -3.96. The molecule has 0 spiro atoms. The van der Waals surface area contributed by atoms with E-state index in [9.17, 15) is 22.0 Å². The highest BCUT2D eigenvalue weighted by atomic mass is 32.2. The number of Topliss-reactive ketones (excluding diaryl/α,β-unsaturated/α-hetero) is 1. The van der Waals surface area contributed by atoms with Gasteiger partial charge in [-0.3, -0.25) is 4.79 Å². The lowest BCUT2D eigenvalue weighted by Gasteiger charge is -2.29. The second-order valence-corrected chi connectivity index (χ2v) is 9.74. The molecule has 4 nitrogen and oxygen atoms in total. The Balaban J connectivity index is 1.81. The van der Waals surface area contributed by atoms with Gasteiger partial charge in [-0.25, -0.2) is 17.2 Å². The first-order chi connectivity index (χ1) is 15.8. The summed E-state index contributed by atoms with van der Waals surface area (Å²) in [6.07, 6.45) is 2.70. The van der Waals surface area contributed by atoms with Crippen LogP contribution >= 0.6 is 0 Å². The number of benzene rings is 3. The van der Waals surface area contributed by atoms with Gasteiger partial charge in [0.2, 0.25) is 10.0 Å². The Morgan fingerprint density at radius 3 is 1.67 bits per heavy atom. The highest BCUT2D eigenvalue weighted by Gasteiger charge is 2.34. The fraction of sp³-hybridized carbons (Fsp3) is 0.115. The molecule has 0 N–H and O–H groups in total. The zero-order chi connectivity index (χ0) is 23.6. The normalized spacial score (nSPS) is 17.6. The molecule has 0 aromatic heterocycles. The molecule has 1 fully saturated rings. The minimum atomic E-state index is -3.96. The molecule has 0 amide bonds. The van der Waals surface area contributed by atoms with Gasteiger partial charge in [0, 0.05) is 35.4 Å². The number of aryl methyl sites for hydroxylation is 1. The summed E-state index contributed by atoms with van der Waals surface area (Å²) >= 11 is 0. The first-order valence-electron chi connectivity index (χ1n) is 10.3. The molecule has 7 heteroatoms. The summed E-state index contributed by atoms with van der Waals surface area (Å²) in [4.78, 5) is 13.3. The van der Waals surface area contributed by atoms with Crippen molar-refractivity contribution in [2.75, 3.05) is 13.1 Å². The number of carbonyl (C=O) groups excluding carboxylic acids is 1. The van der Waals surface area contributed by atoms with Crippen LogP contribution in [0.1, 0.15) is 16.7 Å². The topological polar surface area (TPSA) is 54.5 Å². The summed E-state index contributed by atoms with van der Waals surface area (Å²) < 4.78 is 56.3. The van der Waals surface area contributed by atoms with Crippen LogP contribution in [0.25, 0.3) is 12.2 Å². The summed E-state index contributed by atoms with van der Waals surface area (Å²) in [6.45, 7) is 1.40. The first-order valence-corrected chi connectivity index (χ1v) is 11.7. The molecule has 4 rings (SSSR count). The van der Waals surface area contributed by atoms with Crippen LogP contribution in [-0.2, 0) is 14.8 Å². The molecule has 168 valence electrons. The molecule has 0 bridgehead atoms. The average molecular weight is 466 g/mol. The van der Waals surface area contributed by atoms with E-state index in [1.807, 2.05) is 6.92 Å². The van der Waals surface area contributed by atoms with Gasteiger partial charge in [0.05, 0.1) is 4.90 Å². The number of rotatable bonds is 4. The van der Waals surface area contributed by atoms with E-state index in [1.54, 1.807) is 24.3 Å². The number of sulfonamides is 1. The molecule has 1 aliphatic rings. The Kier molecular flexibility index (Phi) is 6.35. The van der Waals surface area contributed by atoms with E-state index in [0.717, 1.165) is 9.87 Å². The lowest BCUT2D eigenvalue weighted by atomic mass is 9.95. The quantitative estimate of drug-likeness (QED) is 0.509. The third-order valence-corrected chi connectivity index (χ3v) is 7.21. The van der Waals surface area contributed by atoms with Crippen LogP contribution < -0.4 is 0 Å². The molecule has 1 saturated heterocycles. The number of ketones is 1. The van der Waals surface area contributed by atoms with Gasteiger partial charge in [0.25, 0.3) is 0 Å². The fourth-order valence-corrected chi connectivity index (χ4v) is 4.99. The predicted molar refractivity (Wildman–Crippen MR) is 124 cm³/mol. The maximum absolute atomic E-state index is 14.3. The standard InChI is InChI=1S/C26H21F2NO3S/c1-18-10-12-23(13-11-18)33(31,32)29-16-21(14-19-6-2-4-8-24(19)27)26(30)22(17-29)15-20-7-3-5-9-25(20)28/h2-15H,16-17H2,1H3/b21-14+,22-15+. The van der Waals surface area contributed by atoms with Crippen molar-refractivity contribution < 1.29 is 22.0 Å². The molecule has 3 aromatic rings. The van der Waals surface area contributed by atoms with Crippen LogP contribution in [0.4, 0.5) is 8.78 Å². The van der Waals surface area contributed by atoms with Crippen molar-refractivity contribution in [2.45, 2.75) is 11.8 Å². The van der Waals surface area contributed by atoms with Crippen LogP contribution in [0.5, 0.6) is 0 Å². The van der Waals surface area contributed by atoms with Gasteiger partial charge in [-0.05, 0) is 43.3 Å². The second kappa shape index (κ2) is 9.21. The summed E-state index contributed by atoms with van der Waals surface area (Å²) in [6, 6.07) is 18.2. The molecule has 3 aromatic carbocycles. The number of hydrogen-bond acceptors (Lipinski definition) is 3. The molecule has 1 aliphatic heterocycles. The number of hydrogen-bond donors (Lipinski definition) is 0. The van der Waals surface area contributed by atoms with Gasteiger partial charge in [-0.1, -0.05) is 54.1 Å². The smallest absolute Gasteiger partial charge is 0.243 e. The zero-order valence-electron chi connectivity index (χ0n) is 17.8. The Hall–Kier alpha value is -3.42. The fourth-order valence-electron chi connectivity index (χ4n) is 3.60. The number of carbonyl (C=O) groups is 1. The minimum absolute atomic E-state index is 0.0814.